The van der Waals surface area contributed by atoms with Gasteiger partial charge in [0, 0.05) is 25.2 Å². The predicted molar refractivity (Wildman–Crippen MR) is 91.0 cm³/mol. The summed E-state index contributed by atoms with van der Waals surface area (Å²) in [5.74, 6) is 0.758. The quantitative estimate of drug-likeness (QED) is 0.911. The zero-order valence-electron chi connectivity index (χ0n) is 13.6. The van der Waals surface area contributed by atoms with Gasteiger partial charge in [0.25, 0.3) is 0 Å². The molecule has 0 aliphatic carbocycles. The molecule has 122 valence electrons. The number of nitrogen functional groups attached to an aromatic ring is 1. The highest BCUT2D eigenvalue weighted by atomic mass is 16.5. The van der Waals surface area contributed by atoms with Gasteiger partial charge in [-0.1, -0.05) is 0 Å². The molecule has 2 aromatic rings. The summed E-state index contributed by atoms with van der Waals surface area (Å²) in [6.07, 6.45) is 0.490. The molecule has 0 unspecified atom stereocenters. The maximum absolute atomic E-state index is 9.42. The van der Waals surface area contributed by atoms with Gasteiger partial charge in [0.2, 0.25) is 0 Å². The van der Waals surface area contributed by atoms with Crippen molar-refractivity contribution in [1.82, 2.24) is 9.88 Å². The van der Waals surface area contributed by atoms with Gasteiger partial charge in [-0.2, -0.15) is 0 Å². The number of nitrogens with two attached hydrogens (primary N) is 1. The number of rotatable bonds is 3. The summed E-state index contributed by atoms with van der Waals surface area (Å²) >= 11 is 0. The molecule has 23 heavy (non-hydrogen) atoms. The molecular weight excluding hydrogens is 290 g/mol. The Labute approximate surface area is 136 Å². The summed E-state index contributed by atoms with van der Waals surface area (Å²) in [5.41, 5.74) is 8.90. The maximum atomic E-state index is 9.42. The van der Waals surface area contributed by atoms with Crippen LogP contribution in [0.25, 0.3) is 11.3 Å². The number of aromatic nitrogens is 1. The van der Waals surface area contributed by atoms with Gasteiger partial charge >= 0.3 is 0 Å². The first kappa shape index (κ1) is 15.8. The first-order valence-corrected chi connectivity index (χ1v) is 7.93. The molecule has 1 aliphatic heterocycles. The summed E-state index contributed by atoms with van der Waals surface area (Å²) in [7, 11) is 0. The second-order valence-corrected chi connectivity index (χ2v) is 6.28. The topological polar surface area (TPSA) is 71.6 Å². The van der Waals surface area contributed by atoms with E-state index in [1.807, 2.05) is 18.2 Å². The number of morpholine rings is 1. The van der Waals surface area contributed by atoms with Gasteiger partial charge in [0.1, 0.15) is 11.6 Å². The van der Waals surface area contributed by atoms with Crippen molar-refractivity contribution in [2.24, 2.45) is 0 Å². The molecule has 2 atom stereocenters. The highest BCUT2D eigenvalue weighted by Crippen LogP contribution is 2.24. The van der Waals surface area contributed by atoms with Crippen LogP contribution in [0.4, 0.5) is 5.82 Å². The Balaban J connectivity index is 1.81. The molecule has 1 aromatic heterocycles. The molecule has 5 nitrogen and oxygen atoms in total. The number of benzene rings is 1. The van der Waals surface area contributed by atoms with E-state index in [-0.39, 0.29) is 18.0 Å². The zero-order valence-corrected chi connectivity index (χ0v) is 13.6. The standard InChI is InChI=1S/C18H23N3O2/c1-12-9-21(10-13(2)23-12)11-14-7-17(20-18(19)8-14)15-3-5-16(22)6-4-15/h3-8,12-13,22H,9-11H2,1-2H3,(H2,19,20)/t12-,13+. The minimum Gasteiger partial charge on any atom is -0.508 e. The lowest BCUT2D eigenvalue weighted by Gasteiger charge is -2.35. The van der Waals surface area contributed by atoms with Crippen molar-refractivity contribution in [2.45, 2.75) is 32.6 Å². The summed E-state index contributed by atoms with van der Waals surface area (Å²) in [4.78, 5) is 6.79. The number of aromatic hydroxyl groups is 1. The summed E-state index contributed by atoms with van der Waals surface area (Å²) in [6.45, 7) is 6.87. The van der Waals surface area contributed by atoms with Crippen LogP contribution in [0.15, 0.2) is 36.4 Å². The van der Waals surface area contributed by atoms with E-state index >= 15 is 0 Å². The molecule has 1 saturated heterocycles. The lowest BCUT2D eigenvalue weighted by atomic mass is 10.1. The molecular formula is C18H23N3O2. The number of nitrogens with zero attached hydrogens (tertiary/aromatic N) is 2. The average molecular weight is 313 g/mol. The van der Waals surface area contributed by atoms with Crippen molar-refractivity contribution in [2.75, 3.05) is 18.8 Å². The molecule has 0 radical (unpaired) electrons. The third kappa shape index (κ3) is 4.00. The Morgan fingerprint density at radius 3 is 2.48 bits per heavy atom. The van der Waals surface area contributed by atoms with Crippen LogP contribution < -0.4 is 5.73 Å². The molecule has 2 heterocycles. The van der Waals surface area contributed by atoms with Gasteiger partial charge in [-0.3, -0.25) is 4.90 Å². The Hall–Kier alpha value is -2.11. The van der Waals surface area contributed by atoms with Crippen LogP contribution in [0.1, 0.15) is 19.4 Å². The van der Waals surface area contributed by atoms with E-state index in [1.165, 1.54) is 0 Å². The fourth-order valence-electron chi connectivity index (χ4n) is 3.15. The lowest BCUT2D eigenvalue weighted by molar-refractivity contribution is -0.0704. The van der Waals surface area contributed by atoms with E-state index in [4.69, 9.17) is 10.5 Å². The first-order valence-electron chi connectivity index (χ1n) is 7.93. The van der Waals surface area contributed by atoms with E-state index in [2.05, 4.69) is 29.8 Å². The van der Waals surface area contributed by atoms with Crippen molar-refractivity contribution < 1.29 is 9.84 Å². The Morgan fingerprint density at radius 1 is 1.17 bits per heavy atom. The molecule has 5 heteroatoms. The lowest BCUT2D eigenvalue weighted by Crippen LogP contribution is -2.44. The third-order valence-electron chi connectivity index (χ3n) is 3.97. The van der Waals surface area contributed by atoms with E-state index in [0.717, 1.165) is 36.5 Å². The van der Waals surface area contributed by atoms with Gasteiger partial charge in [-0.15, -0.1) is 0 Å². The fourth-order valence-corrected chi connectivity index (χ4v) is 3.15. The number of anilines is 1. The van der Waals surface area contributed by atoms with Crippen LogP contribution in [-0.4, -0.2) is 40.3 Å². The van der Waals surface area contributed by atoms with Crippen LogP contribution >= 0.6 is 0 Å². The highest BCUT2D eigenvalue weighted by molar-refractivity contribution is 5.62. The average Bonchev–Trinajstić information content (AvgIpc) is 2.46. The number of hydrogen-bond acceptors (Lipinski definition) is 5. The third-order valence-corrected chi connectivity index (χ3v) is 3.97. The number of ether oxygens (including phenoxy) is 1. The second-order valence-electron chi connectivity index (χ2n) is 6.28. The summed E-state index contributed by atoms with van der Waals surface area (Å²) in [6, 6.07) is 11.0. The van der Waals surface area contributed by atoms with Gasteiger partial charge in [0.15, 0.2) is 0 Å². The zero-order chi connectivity index (χ0) is 16.4. The van der Waals surface area contributed by atoms with Crippen LogP contribution in [0.5, 0.6) is 5.75 Å². The molecule has 3 N–H and O–H groups in total. The Kier molecular flexibility index (Phi) is 4.50. The smallest absolute Gasteiger partial charge is 0.124 e. The van der Waals surface area contributed by atoms with Gasteiger partial charge in [0.05, 0.1) is 17.9 Å². The number of hydrogen-bond donors (Lipinski definition) is 2. The summed E-state index contributed by atoms with van der Waals surface area (Å²) < 4.78 is 5.78. The van der Waals surface area contributed by atoms with E-state index in [9.17, 15) is 5.11 Å². The van der Waals surface area contributed by atoms with Crippen molar-refractivity contribution in [3.63, 3.8) is 0 Å². The number of phenolic OH excluding ortho intramolecular Hbond substituents is 1. The maximum Gasteiger partial charge on any atom is 0.124 e. The van der Waals surface area contributed by atoms with Gasteiger partial charge < -0.3 is 15.6 Å². The van der Waals surface area contributed by atoms with Gasteiger partial charge in [-0.05, 0) is 55.8 Å². The van der Waals surface area contributed by atoms with Crippen molar-refractivity contribution in [3.8, 4) is 17.0 Å². The minimum absolute atomic E-state index is 0.245. The van der Waals surface area contributed by atoms with Gasteiger partial charge in [-0.25, -0.2) is 4.98 Å². The molecule has 0 spiro atoms. The van der Waals surface area contributed by atoms with E-state index in [0.29, 0.717) is 5.82 Å². The van der Waals surface area contributed by atoms with Crippen LogP contribution in [0.2, 0.25) is 0 Å². The molecule has 0 saturated carbocycles. The normalized spacial score (nSPS) is 22.2. The van der Waals surface area contributed by atoms with Crippen molar-refractivity contribution in [1.29, 1.82) is 0 Å². The van der Waals surface area contributed by atoms with Crippen molar-refractivity contribution >= 4 is 5.82 Å². The minimum atomic E-state index is 0.245. The highest BCUT2D eigenvalue weighted by Gasteiger charge is 2.22. The largest absolute Gasteiger partial charge is 0.508 e. The SMILES string of the molecule is C[C@@H]1CN(Cc2cc(N)nc(-c3ccc(O)cc3)c2)C[C@H](C)O1. The number of pyridine rings is 1. The predicted octanol–water partition coefficient (Wildman–Crippen LogP) is 2.65. The monoisotopic (exact) mass is 313 g/mol. The van der Waals surface area contributed by atoms with E-state index in [1.54, 1.807) is 12.1 Å². The van der Waals surface area contributed by atoms with E-state index < -0.39 is 0 Å². The van der Waals surface area contributed by atoms with Crippen LogP contribution in [0, 0.1) is 0 Å². The molecule has 0 bridgehead atoms. The Morgan fingerprint density at radius 2 is 1.83 bits per heavy atom. The Bertz CT molecular complexity index is 662. The molecule has 3 rings (SSSR count). The van der Waals surface area contributed by atoms with Crippen LogP contribution in [0.3, 0.4) is 0 Å². The van der Waals surface area contributed by atoms with Crippen molar-refractivity contribution in [3.05, 3.63) is 42.0 Å². The molecule has 0 amide bonds. The molecule has 1 aliphatic rings. The molecule has 1 aromatic carbocycles. The summed E-state index contributed by atoms with van der Waals surface area (Å²) in [5, 5.41) is 9.42. The number of phenols is 1. The first-order chi connectivity index (χ1) is 11.0. The van der Waals surface area contributed by atoms with Crippen LogP contribution in [-0.2, 0) is 11.3 Å². The molecule has 1 fully saturated rings. The second kappa shape index (κ2) is 6.56. The fraction of sp³-hybridized carbons (Fsp3) is 0.389.